The number of para-hydroxylation sites is 1. The van der Waals surface area contributed by atoms with Crippen LogP contribution >= 0.6 is 0 Å². The standard InChI is InChI=1S/C23H22N2O/c1-17-11-13-20(14-12-17)24-23(26)22(19-8-3-2-4-9-19)25-16-15-18-7-5-6-10-21(18)25/h2-14,22H,15-16H2,1H3,(H,24,26)/t22-/m1/s1. The highest BCUT2D eigenvalue weighted by Crippen LogP contribution is 2.35. The molecule has 0 aromatic heterocycles. The van der Waals surface area contributed by atoms with Gasteiger partial charge in [0.05, 0.1) is 0 Å². The fourth-order valence-electron chi connectivity index (χ4n) is 3.59. The zero-order valence-electron chi connectivity index (χ0n) is 14.9. The van der Waals surface area contributed by atoms with Crippen LogP contribution in [0.1, 0.15) is 22.7 Å². The summed E-state index contributed by atoms with van der Waals surface area (Å²) in [7, 11) is 0. The van der Waals surface area contributed by atoms with E-state index in [4.69, 9.17) is 0 Å². The van der Waals surface area contributed by atoms with Gasteiger partial charge in [0.2, 0.25) is 0 Å². The molecule has 3 nitrogen and oxygen atoms in total. The Morgan fingerprint density at radius 1 is 0.923 bits per heavy atom. The van der Waals surface area contributed by atoms with Crippen LogP contribution in [0.2, 0.25) is 0 Å². The number of nitrogens with one attached hydrogen (secondary N) is 1. The molecule has 0 saturated carbocycles. The number of carbonyl (C=O) groups is 1. The smallest absolute Gasteiger partial charge is 0.251 e. The second kappa shape index (κ2) is 7.04. The lowest BCUT2D eigenvalue weighted by atomic mass is 10.0. The topological polar surface area (TPSA) is 32.3 Å². The summed E-state index contributed by atoms with van der Waals surface area (Å²) >= 11 is 0. The molecule has 1 heterocycles. The minimum absolute atomic E-state index is 0.00300. The Hall–Kier alpha value is -3.07. The molecule has 26 heavy (non-hydrogen) atoms. The van der Waals surface area contributed by atoms with Crippen molar-refractivity contribution >= 4 is 17.3 Å². The van der Waals surface area contributed by atoms with Crippen molar-refractivity contribution in [3.05, 3.63) is 95.6 Å². The van der Waals surface area contributed by atoms with E-state index in [1.165, 1.54) is 11.1 Å². The highest BCUT2D eigenvalue weighted by atomic mass is 16.2. The van der Waals surface area contributed by atoms with Crippen LogP contribution in [-0.2, 0) is 11.2 Å². The highest BCUT2D eigenvalue weighted by Gasteiger charge is 2.32. The molecule has 0 spiro atoms. The molecule has 1 amide bonds. The fourth-order valence-corrected chi connectivity index (χ4v) is 3.59. The first-order valence-corrected chi connectivity index (χ1v) is 8.99. The summed E-state index contributed by atoms with van der Waals surface area (Å²) in [6, 6.07) is 26.0. The molecule has 3 heteroatoms. The number of hydrogen-bond donors (Lipinski definition) is 1. The largest absolute Gasteiger partial charge is 0.355 e. The first kappa shape index (κ1) is 16.4. The Bertz CT molecular complexity index is 903. The maximum atomic E-state index is 13.2. The van der Waals surface area contributed by atoms with Crippen molar-refractivity contribution in [1.82, 2.24) is 0 Å². The lowest BCUT2D eigenvalue weighted by Gasteiger charge is -2.30. The number of anilines is 2. The summed E-state index contributed by atoms with van der Waals surface area (Å²) in [6.45, 7) is 2.89. The molecule has 130 valence electrons. The van der Waals surface area contributed by atoms with Gasteiger partial charge in [-0.15, -0.1) is 0 Å². The van der Waals surface area contributed by atoms with Gasteiger partial charge in [-0.25, -0.2) is 0 Å². The molecular weight excluding hydrogens is 320 g/mol. The molecule has 0 fully saturated rings. The minimum atomic E-state index is -0.346. The van der Waals surface area contributed by atoms with Gasteiger partial charge in [0.15, 0.2) is 0 Å². The van der Waals surface area contributed by atoms with E-state index >= 15 is 0 Å². The summed E-state index contributed by atoms with van der Waals surface area (Å²) in [4.78, 5) is 15.5. The number of hydrogen-bond acceptors (Lipinski definition) is 2. The van der Waals surface area contributed by atoms with Gasteiger partial charge in [-0.2, -0.15) is 0 Å². The van der Waals surface area contributed by atoms with Crippen molar-refractivity contribution in [2.45, 2.75) is 19.4 Å². The van der Waals surface area contributed by atoms with E-state index in [0.29, 0.717) is 0 Å². The summed E-state index contributed by atoms with van der Waals surface area (Å²) in [5.41, 5.74) is 5.47. The second-order valence-electron chi connectivity index (χ2n) is 6.74. The zero-order chi connectivity index (χ0) is 17.9. The van der Waals surface area contributed by atoms with E-state index in [1.54, 1.807) is 0 Å². The number of carbonyl (C=O) groups excluding carboxylic acids is 1. The third kappa shape index (κ3) is 3.21. The molecule has 4 rings (SSSR count). The van der Waals surface area contributed by atoms with Crippen LogP contribution in [0.4, 0.5) is 11.4 Å². The molecule has 1 aliphatic heterocycles. The molecule has 0 unspecified atom stereocenters. The van der Waals surface area contributed by atoms with E-state index in [-0.39, 0.29) is 11.9 Å². The van der Waals surface area contributed by atoms with Crippen molar-refractivity contribution in [2.75, 3.05) is 16.8 Å². The third-order valence-electron chi connectivity index (χ3n) is 4.92. The van der Waals surface area contributed by atoms with Crippen LogP contribution in [0.3, 0.4) is 0 Å². The van der Waals surface area contributed by atoms with E-state index in [0.717, 1.165) is 29.9 Å². The first-order chi connectivity index (χ1) is 12.7. The average molecular weight is 342 g/mol. The lowest BCUT2D eigenvalue weighted by Crippen LogP contribution is -2.36. The lowest BCUT2D eigenvalue weighted by molar-refractivity contribution is -0.117. The number of rotatable bonds is 4. The van der Waals surface area contributed by atoms with Crippen molar-refractivity contribution in [3.8, 4) is 0 Å². The monoisotopic (exact) mass is 342 g/mol. The molecule has 1 N–H and O–H groups in total. The summed E-state index contributed by atoms with van der Waals surface area (Å²) in [5.74, 6) is -0.00300. The van der Waals surface area contributed by atoms with Gasteiger partial charge in [-0.3, -0.25) is 4.79 Å². The second-order valence-corrected chi connectivity index (χ2v) is 6.74. The molecule has 0 bridgehead atoms. The zero-order valence-corrected chi connectivity index (χ0v) is 14.9. The fraction of sp³-hybridized carbons (Fsp3) is 0.174. The van der Waals surface area contributed by atoms with E-state index < -0.39 is 0 Å². The van der Waals surface area contributed by atoms with Crippen LogP contribution in [-0.4, -0.2) is 12.5 Å². The third-order valence-corrected chi connectivity index (χ3v) is 4.92. The molecule has 0 aliphatic carbocycles. The van der Waals surface area contributed by atoms with Gasteiger partial charge in [-0.05, 0) is 42.7 Å². The van der Waals surface area contributed by atoms with Crippen molar-refractivity contribution in [1.29, 1.82) is 0 Å². The van der Waals surface area contributed by atoms with Crippen LogP contribution in [0.15, 0.2) is 78.9 Å². The minimum Gasteiger partial charge on any atom is -0.355 e. The molecular formula is C23H22N2O. The molecule has 3 aromatic carbocycles. The number of nitrogens with zero attached hydrogens (tertiary/aromatic N) is 1. The quantitative estimate of drug-likeness (QED) is 0.743. The highest BCUT2D eigenvalue weighted by molar-refractivity contribution is 5.98. The average Bonchev–Trinajstić information content (AvgIpc) is 3.09. The van der Waals surface area contributed by atoms with E-state index in [9.17, 15) is 4.79 Å². The summed E-state index contributed by atoms with van der Waals surface area (Å²) in [5, 5.41) is 3.09. The normalized spacial score (nSPS) is 14.0. The first-order valence-electron chi connectivity index (χ1n) is 8.99. The predicted octanol–water partition coefficient (Wildman–Crippen LogP) is 4.74. The van der Waals surface area contributed by atoms with Crippen LogP contribution in [0, 0.1) is 6.92 Å². The summed E-state index contributed by atoms with van der Waals surface area (Å²) < 4.78 is 0. The van der Waals surface area contributed by atoms with Crippen LogP contribution in [0.25, 0.3) is 0 Å². The number of aryl methyl sites for hydroxylation is 1. The molecule has 3 aromatic rings. The van der Waals surface area contributed by atoms with Gasteiger partial charge >= 0.3 is 0 Å². The van der Waals surface area contributed by atoms with Gasteiger partial charge in [0.1, 0.15) is 6.04 Å². The Morgan fingerprint density at radius 3 is 2.38 bits per heavy atom. The molecule has 0 radical (unpaired) electrons. The Kier molecular flexibility index (Phi) is 4.44. The predicted molar refractivity (Wildman–Crippen MR) is 106 cm³/mol. The van der Waals surface area contributed by atoms with Gasteiger partial charge in [0, 0.05) is 17.9 Å². The maximum Gasteiger partial charge on any atom is 0.251 e. The van der Waals surface area contributed by atoms with Crippen molar-refractivity contribution in [3.63, 3.8) is 0 Å². The number of amides is 1. The molecule has 0 saturated heterocycles. The van der Waals surface area contributed by atoms with E-state index in [2.05, 4.69) is 28.4 Å². The Labute approximate surface area is 154 Å². The van der Waals surface area contributed by atoms with Crippen molar-refractivity contribution in [2.24, 2.45) is 0 Å². The number of benzene rings is 3. The van der Waals surface area contributed by atoms with Gasteiger partial charge < -0.3 is 10.2 Å². The van der Waals surface area contributed by atoms with Gasteiger partial charge in [-0.1, -0.05) is 66.2 Å². The Morgan fingerprint density at radius 2 is 1.62 bits per heavy atom. The SMILES string of the molecule is Cc1ccc(NC(=O)[C@@H](c2ccccc2)N2CCc3ccccc32)cc1. The molecule has 1 aliphatic rings. The van der Waals surface area contributed by atoms with Crippen LogP contribution in [0.5, 0.6) is 0 Å². The molecule has 1 atom stereocenters. The van der Waals surface area contributed by atoms with Gasteiger partial charge in [0.25, 0.3) is 5.91 Å². The Balaban J connectivity index is 1.68. The van der Waals surface area contributed by atoms with E-state index in [1.807, 2.05) is 67.6 Å². The number of fused-ring (bicyclic) bond motifs is 1. The van der Waals surface area contributed by atoms with Crippen molar-refractivity contribution < 1.29 is 4.79 Å². The summed E-state index contributed by atoms with van der Waals surface area (Å²) in [6.07, 6.45) is 0.970. The maximum absolute atomic E-state index is 13.2. The van der Waals surface area contributed by atoms with Crippen LogP contribution < -0.4 is 10.2 Å².